The summed E-state index contributed by atoms with van der Waals surface area (Å²) in [5, 5.41) is 3.19. The van der Waals surface area contributed by atoms with Crippen LogP contribution in [0.4, 0.5) is 13.2 Å². The molecule has 0 amide bonds. The Morgan fingerprint density at radius 1 is 1.15 bits per heavy atom. The van der Waals surface area contributed by atoms with Crippen LogP contribution in [-0.4, -0.2) is 22.5 Å². The molecule has 0 fully saturated rings. The van der Waals surface area contributed by atoms with Crippen molar-refractivity contribution in [2.45, 2.75) is 17.6 Å². The number of aromatic nitrogens is 3. The third kappa shape index (κ3) is 4.09. The maximum atomic E-state index is 12.6. The van der Waals surface area contributed by atoms with Gasteiger partial charge in [0, 0.05) is 18.9 Å². The van der Waals surface area contributed by atoms with Crippen molar-refractivity contribution in [3.8, 4) is 0 Å². The van der Waals surface area contributed by atoms with E-state index in [2.05, 4.69) is 14.7 Å². The number of benzene rings is 1. The number of nitrogens with two attached hydrogens (primary N) is 1. The Morgan fingerprint density at radius 3 is 2.44 bits per heavy atom. The van der Waals surface area contributed by atoms with E-state index in [1.807, 2.05) is 0 Å². The molecule has 0 aliphatic rings. The van der Waals surface area contributed by atoms with Crippen molar-refractivity contribution in [2.75, 3.05) is 0 Å². The van der Waals surface area contributed by atoms with Crippen molar-refractivity contribution >= 4 is 22.2 Å². The Labute approximate surface area is 152 Å². The van der Waals surface area contributed by atoms with Gasteiger partial charge in [-0.2, -0.15) is 18.2 Å². The summed E-state index contributed by atoms with van der Waals surface area (Å²) >= 11 is 0. The molecule has 0 saturated carbocycles. The van der Waals surface area contributed by atoms with Gasteiger partial charge in [-0.05, 0) is 41.5 Å². The van der Waals surface area contributed by atoms with Gasteiger partial charge in [0.25, 0.3) is 10.0 Å². The molecule has 2 N–H and O–H groups in total. The number of rotatable bonds is 5. The highest BCUT2D eigenvalue weighted by molar-refractivity contribution is 7.90. The molecule has 0 spiro atoms. The van der Waals surface area contributed by atoms with E-state index in [1.165, 1.54) is 42.7 Å². The molecule has 142 valence electrons. The van der Waals surface area contributed by atoms with Crippen molar-refractivity contribution in [1.29, 1.82) is 0 Å². The number of alkyl halides is 3. The van der Waals surface area contributed by atoms with Gasteiger partial charge < -0.3 is 10.3 Å². The minimum atomic E-state index is -4.73. The lowest BCUT2D eigenvalue weighted by Gasteiger charge is -2.06. The first-order valence-corrected chi connectivity index (χ1v) is 8.96. The van der Waals surface area contributed by atoms with Gasteiger partial charge in [-0.15, -0.1) is 0 Å². The quantitative estimate of drug-likeness (QED) is 0.709. The average Bonchev–Trinajstić information content (AvgIpc) is 3.29. The first kappa shape index (κ1) is 18.9. The van der Waals surface area contributed by atoms with Crippen LogP contribution in [0, 0.1) is 0 Å². The van der Waals surface area contributed by atoms with Crippen LogP contribution in [0.5, 0.6) is 0 Å². The zero-order valence-electron chi connectivity index (χ0n) is 13.6. The predicted octanol–water partition coefficient (Wildman–Crippen LogP) is 2.76. The minimum absolute atomic E-state index is 0.0822. The number of halogens is 3. The molecular weight excluding hydrogens is 385 g/mol. The highest BCUT2D eigenvalue weighted by atomic mass is 32.2. The summed E-state index contributed by atoms with van der Waals surface area (Å²) in [6.07, 6.45) is 0.461. The van der Waals surface area contributed by atoms with Crippen LogP contribution in [0.2, 0.25) is 0 Å². The van der Waals surface area contributed by atoms with Crippen LogP contribution in [0.25, 0.3) is 12.2 Å². The van der Waals surface area contributed by atoms with Gasteiger partial charge in [0.1, 0.15) is 0 Å². The summed E-state index contributed by atoms with van der Waals surface area (Å²) < 4.78 is 67.5. The third-order valence-corrected chi connectivity index (χ3v) is 5.18. The molecule has 11 heteroatoms. The molecule has 0 saturated heterocycles. The lowest BCUT2D eigenvalue weighted by Crippen LogP contribution is -2.11. The molecular formula is C16H13F3N4O3S. The van der Waals surface area contributed by atoms with E-state index in [-0.39, 0.29) is 10.7 Å². The van der Waals surface area contributed by atoms with Crippen LogP contribution in [0.15, 0.2) is 52.1 Å². The Hall–Kier alpha value is -2.92. The SMILES string of the molecule is NCc1ccc(S(=O)(=O)n2ccc(/C=C/c3noc(C(F)(F)F)n3)c2)cc1. The van der Waals surface area contributed by atoms with E-state index in [4.69, 9.17) is 5.73 Å². The molecule has 0 aliphatic heterocycles. The Bertz CT molecular complexity index is 1070. The normalized spacial score (nSPS) is 12.7. The molecule has 27 heavy (non-hydrogen) atoms. The van der Waals surface area contributed by atoms with Gasteiger partial charge in [0.15, 0.2) is 5.82 Å². The first-order valence-electron chi connectivity index (χ1n) is 7.52. The topological polar surface area (TPSA) is 104 Å². The summed E-state index contributed by atoms with van der Waals surface area (Å²) in [5.41, 5.74) is 6.71. The lowest BCUT2D eigenvalue weighted by molar-refractivity contribution is -0.159. The Kier molecular flexibility index (Phi) is 4.89. The summed E-state index contributed by atoms with van der Waals surface area (Å²) in [7, 11) is -3.80. The molecule has 0 aliphatic carbocycles. The van der Waals surface area contributed by atoms with E-state index in [0.29, 0.717) is 12.1 Å². The maximum Gasteiger partial charge on any atom is 0.471 e. The molecule has 0 atom stereocenters. The molecule has 7 nitrogen and oxygen atoms in total. The van der Waals surface area contributed by atoms with Crippen molar-refractivity contribution in [3.05, 3.63) is 65.6 Å². The summed E-state index contributed by atoms with van der Waals surface area (Å²) in [4.78, 5) is 3.27. The van der Waals surface area contributed by atoms with Crippen molar-refractivity contribution < 1.29 is 26.1 Å². The van der Waals surface area contributed by atoms with E-state index in [9.17, 15) is 21.6 Å². The zero-order chi connectivity index (χ0) is 19.7. The van der Waals surface area contributed by atoms with E-state index >= 15 is 0 Å². The smallest absolute Gasteiger partial charge is 0.329 e. The molecule has 0 unspecified atom stereocenters. The average molecular weight is 398 g/mol. The minimum Gasteiger partial charge on any atom is -0.329 e. The predicted molar refractivity (Wildman–Crippen MR) is 89.6 cm³/mol. The summed E-state index contributed by atoms with van der Waals surface area (Å²) in [5.74, 6) is -1.74. The van der Waals surface area contributed by atoms with Gasteiger partial charge in [-0.25, -0.2) is 12.4 Å². The third-order valence-electron chi connectivity index (χ3n) is 3.53. The molecule has 2 aromatic heterocycles. The fourth-order valence-corrected chi connectivity index (χ4v) is 3.35. The highest BCUT2D eigenvalue weighted by Gasteiger charge is 2.38. The number of hydrogen-bond donors (Lipinski definition) is 1. The number of hydrogen-bond acceptors (Lipinski definition) is 6. The molecule has 1 aromatic carbocycles. The van der Waals surface area contributed by atoms with Crippen LogP contribution >= 0.6 is 0 Å². The summed E-state index contributed by atoms with van der Waals surface area (Å²) in [6, 6.07) is 7.61. The fourth-order valence-electron chi connectivity index (χ4n) is 2.15. The van der Waals surface area contributed by atoms with Gasteiger partial charge in [0.2, 0.25) is 0 Å². The van der Waals surface area contributed by atoms with E-state index in [0.717, 1.165) is 9.54 Å². The fraction of sp³-hybridized carbons (Fsp3) is 0.125. The number of nitrogens with zero attached hydrogens (tertiary/aromatic N) is 3. The summed E-state index contributed by atoms with van der Waals surface area (Å²) in [6.45, 7) is 0.297. The van der Waals surface area contributed by atoms with Gasteiger partial charge in [-0.1, -0.05) is 17.3 Å². The van der Waals surface area contributed by atoms with Crippen LogP contribution in [-0.2, 0) is 22.7 Å². The molecule has 2 heterocycles. The molecule has 0 radical (unpaired) electrons. The second-order valence-corrected chi connectivity index (χ2v) is 7.26. The molecule has 3 aromatic rings. The van der Waals surface area contributed by atoms with Crippen molar-refractivity contribution in [2.24, 2.45) is 5.73 Å². The Balaban J connectivity index is 1.80. The highest BCUT2D eigenvalue weighted by Crippen LogP contribution is 2.27. The van der Waals surface area contributed by atoms with Crippen molar-refractivity contribution in [3.63, 3.8) is 0 Å². The van der Waals surface area contributed by atoms with Crippen molar-refractivity contribution in [1.82, 2.24) is 14.1 Å². The van der Waals surface area contributed by atoms with Gasteiger partial charge in [-0.3, -0.25) is 0 Å². The second kappa shape index (κ2) is 7.00. The first-order chi connectivity index (χ1) is 12.7. The van der Waals surface area contributed by atoms with Crippen LogP contribution in [0.1, 0.15) is 22.8 Å². The van der Waals surface area contributed by atoms with Gasteiger partial charge >= 0.3 is 12.1 Å². The van der Waals surface area contributed by atoms with E-state index < -0.39 is 22.1 Å². The van der Waals surface area contributed by atoms with E-state index in [1.54, 1.807) is 12.1 Å². The largest absolute Gasteiger partial charge is 0.471 e. The molecule has 0 bridgehead atoms. The lowest BCUT2D eigenvalue weighted by atomic mass is 10.2. The van der Waals surface area contributed by atoms with Crippen LogP contribution in [0.3, 0.4) is 0 Å². The second-order valence-electron chi connectivity index (χ2n) is 5.42. The standard InChI is InChI=1S/C16H13F3N4O3S/c17-16(18,19)15-21-14(22-26-15)6-3-12-7-8-23(10-12)27(24,25)13-4-1-11(9-20)2-5-13/h1-8,10H,9,20H2/b6-3+. The maximum absolute atomic E-state index is 12.6. The Morgan fingerprint density at radius 2 is 1.85 bits per heavy atom. The molecule has 3 rings (SSSR count). The monoisotopic (exact) mass is 398 g/mol. The van der Waals surface area contributed by atoms with Gasteiger partial charge in [0.05, 0.1) is 4.90 Å². The van der Waals surface area contributed by atoms with Crippen LogP contribution < -0.4 is 5.73 Å². The zero-order valence-corrected chi connectivity index (χ0v) is 14.4.